The maximum atomic E-state index is 10.8. The first-order chi connectivity index (χ1) is 10.1. The average molecular weight is 311 g/mol. The molecule has 0 bridgehead atoms. The molecule has 0 aromatic heterocycles. The lowest BCUT2D eigenvalue weighted by atomic mass is 10.0. The molecule has 0 saturated carbocycles. The zero-order valence-electron chi connectivity index (χ0n) is 12.1. The summed E-state index contributed by atoms with van der Waals surface area (Å²) in [5, 5.41) is 8.88. The normalized spacial score (nSPS) is 19.8. The van der Waals surface area contributed by atoms with E-state index in [1.165, 1.54) is 5.75 Å². The van der Waals surface area contributed by atoms with Crippen LogP contribution in [0, 0.1) is 0 Å². The van der Waals surface area contributed by atoms with Crippen LogP contribution in [0.5, 0.6) is 11.5 Å². The number of hydrogen-bond acceptors (Lipinski definition) is 5. The highest BCUT2D eigenvalue weighted by Gasteiger charge is 2.21. The molecule has 2 unspecified atom stereocenters. The fraction of sp³-hybridized carbons (Fsp3) is 0.533. The molecule has 1 saturated heterocycles. The van der Waals surface area contributed by atoms with E-state index in [4.69, 9.17) is 20.3 Å². The van der Waals surface area contributed by atoms with E-state index in [-0.39, 0.29) is 12.5 Å². The van der Waals surface area contributed by atoms with Crippen molar-refractivity contribution in [2.24, 2.45) is 5.73 Å². The lowest BCUT2D eigenvalue weighted by molar-refractivity contribution is -0.137. The first-order valence-electron chi connectivity index (χ1n) is 7.00. The summed E-state index contributed by atoms with van der Waals surface area (Å²) in [6.07, 6.45) is 2.21. The first-order valence-corrected chi connectivity index (χ1v) is 8.16. The van der Waals surface area contributed by atoms with Crippen LogP contribution < -0.4 is 15.2 Å². The third-order valence-electron chi connectivity index (χ3n) is 3.42. The first kappa shape index (κ1) is 16.0. The topological polar surface area (TPSA) is 81.8 Å². The Balaban J connectivity index is 2.18. The second-order valence-corrected chi connectivity index (χ2v) is 6.19. The highest BCUT2D eigenvalue weighted by atomic mass is 32.2. The molecule has 0 aliphatic carbocycles. The molecule has 21 heavy (non-hydrogen) atoms. The Morgan fingerprint density at radius 2 is 2.38 bits per heavy atom. The number of carboxylic acids is 1. The van der Waals surface area contributed by atoms with E-state index in [9.17, 15) is 4.79 Å². The van der Waals surface area contributed by atoms with Gasteiger partial charge in [-0.15, -0.1) is 0 Å². The van der Waals surface area contributed by atoms with Gasteiger partial charge in [-0.2, -0.15) is 11.8 Å². The maximum Gasteiger partial charge on any atom is 0.305 e. The molecule has 0 spiro atoms. The number of aliphatic carboxylic acids is 1. The van der Waals surface area contributed by atoms with Gasteiger partial charge in [0.1, 0.15) is 6.10 Å². The second-order valence-electron chi connectivity index (χ2n) is 5.04. The Bertz CT molecular complexity index is 489. The predicted octanol–water partition coefficient (Wildman–Crippen LogP) is 2.44. The van der Waals surface area contributed by atoms with Gasteiger partial charge >= 0.3 is 5.97 Å². The van der Waals surface area contributed by atoms with Crippen molar-refractivity contribution in [3.63, 3.8) is 0 Å². The van der Waals surface area contributed by atoms with E-state index < -0.39 is 12.0 Å². The highest BCUT2D eigenvalue weighted by molar-refractivity contribution is 7.99. The smallest absolute Gasteiger partial charge is 0.305 e. The van der Waals surface area contributed by atoms with E-state index in [1.54, 1.807) is 13.2 Å². The molecule has 1 aromatic carbocycles. The zero-order valence-corrected chi connectivity index (χ0v) is 12.9. The number of benzene rings is 1. The van der Waals surface area contributed by atoms with Crippen molar-refractivity contribution in [1.82, 2.24) is 0 Å². The van der Waals surface area contributed by atoms with Crippen LogP contribution >= 0.6 is 11.8 Å². The van der Waals surface area contributed by atoms with Crippen LogP contribution in [0.25, 0.3) is 0 Å². The Hall–Kier alpha value is -1.40. The molecule has 3 N–H and O–H groups in total. The third-order valence-corrected chi connectivity index (χ3v) is 4.60. The predicted molar refractivity (Wildman–Crippen MR) is 83.2 cm³/mol. The van der Waals surface area contributed by atoms with Crippen molar-refractivity contribution in [3.8, 4) is 11.5 Å². The van der Waals surface area contributed by atoms with Gasteiger partial charge in [-0.1, -0.05) is 12.1 Å². The molecule has 2 rings (SSSR count). The molecule has 2 atom stereocenters. The van der Waals surface area contributed by atoms with Gasteiger partial charge in [0, 0.05) is 17.4 Å². The molecule has 5 nitrogen and oxygen atoms in total. The molecule has 1 heterocycles. The summed E-state index contributed by atoms with van der Waals surface area (Å²) < 4.78 is 11.4. The van der Waals surface area contributed by atoms with Gasteiger partial charge in [0.2, 0.25) is 0 Å². The molecule has 0 radical (unpaired) electrons. The quantitative estimate of drug-likeness (QED) is 0.840. The van der Waals surface area contributed by atoms with Crippen LogP contribution in [0.1, 0.15) is 30.9 Å². The number of hydrogen-bond donors (Lipinski definition) is 2. The summed E-state index contributed by atoms with van der Waals surface area (Å²) in [5.41, 5.74) is 6.62. The van der Waals surface area contributed by atoms with Gasteiger partial charge in [-0.3, -0.25) is 4.79 Å². The second kappa shape index (κ2) is 7.56. The number of methoxy groups -OCH3 is 1. The molecule has 0 amide bonds. The number of rotatable bonds is 6. The summed E-state index contributed by atoms with van der Waals surface area (Å²) >= 11 is 1.89. The van der Waals surface area contributed by atoms with Crippen LogP contribution in [-0.2, 0) is 4.79 Å². The van der Waals surface area contributed by atoms with Gasteiger partial charge in [-0.05, 0) is 24.7 Å². The minimum Gasteiger partial charge on any atom is -0.493 e. The van der Waals surface area contributed by atoms with Gasteiger partial charge in [0.05, 0.1) is 13.5 Å². The maximum absolute atomic E-state index is 10.8. The SMILES string of the molecule is COc1c(OC2CCCSC2)cccc1C(N)CC(=O)O. The average Bonchev–Trinajstić information content (AvgIpc) is 2.47. The van der Waals surface area contributed by atoms with Crippen molar-refractivity contribution < 1.29 is 19.4 Å². The van der Waals surface area contributed by atoms with Crippen molar-refractivity contribution in [3.05, 3.63) is 23.8 Å². The van der Waals surface area contributed by atoms with Crippen LogP contribution in [0.3, 0.4) is 0 Å². The number of nitrogens with two attached hydrogens (primary N) is 1. The summed E-state index contributed by atoms with van der Waals surface area (Å²) in [6.45, 7) is 0. The molecular weight excluding hydrogens is 290 g/mol. The Morgan fingerprint density at radius 3 is 3.00 bits per heavy atom. The zero-order chi connectivity index (χ0) is 15.2. The third kappa shape index (κ3) is 4.28. The number of carboxylic acid groups (broad SMARTS) is 1. The standard InChI is InChI=1S/C15H21NO4S/c1-19-15-11(12(16)8-14(17)18)5-2-6-13(15)20-10-4-3-7-21-9-10/h2,5-6,10,12H,3-4,7-9,16H2,1H3,(H,17,18). The lowest BCUT2D eigenvalue weighted by Crippen LogP contribution is -2.24. The molecule has 1 aromatic rings. The van der Waals surface area contributed by atoms with E-state index in [0.29, 0.717) is 17.1 Å². The summed E-state index contributed by atoms with van der Waals surface area (Å²) in [6, 6.07) is 4.84. The Labute approximate surface area is 128 Å². The van der Waals surface area contributed by atoms with Crippen LogP contribution in [0.15, 0.2) is 18.2 Å². The van der Waals surface area contributed by atoms with E-state index >= 15 is 0 Å². The molecular formula is C15H21NO4S. The van der Waals surface area contributed by atoms with Gasteiger partial charge < -0.3 is 20.3 Å². The molecule has 6 heteroatoms. The van der Waals surface area contributed by atoms with Gasteiger partial charge in [-0.25, -0.2) is 0 Å². The molecule has 1 aliphatic rings. The minimum absolute atomic E-state index is 0.140. The molecule has 1 fully saturated rings. The summed E-state index contributed by atoms with van der Waals surface area (Å²) in [5.74, 6) is 2.40. The van der Waals surface area contributed by atoms with Crippen LogP contribution in [0.2, 0.25) is 0 Å². The Morgan fingerprint density at radius 1 is 1.57 bits per heavy atom. The van der Waals surface area contributed by atoms with Crippen LogP contribution in [-0.4, -0.2) is 35.8 Å². The van der Waals surface area contributed by atoms with E-state index in [2.05, 4.69) is 0 Å². The molecule has 116 valence electrons. The van der Waals surface area contributed by atoms with Crippen molar-refractivity contribution in [1.29, 1.82) is 0 Å². The minimum atomic E-state index is -0.931. The lowest BCUT2D eigenvalue weighted by Gasteiger charge is -2.25. The number of para-hydroxylation sites is 1. The fourth-order valence-corrected chi connectivity index (χ4v) is 3.45. The van der Waals surface area contributed by atoms with Gasteiger partial charge in [0.25, 0.3) is 0 Å². The number of ether oxygens (including phenoxy) is 2. The Kier molecular flexibility index (Phi) is 5.76. The van der Waals surface area contributed by atoms with Crippen molar-refractivity contribution in [2.75, 3.05) is 18.6 Å². The highest BCUT2D eigenvalue weighted by Crippen LogP contribution is 2.36. The summed E-state index contributed by atoms with van der Waals surface area (Å²) in [7, 11) is 1.55. The fourth-order valence-electron chi connectivity index (χ4n) is 2.42. The number of thioether (sulfide) groups is 1. The van der Waals surface area contributed by atoms with Gasteiger partial charge in [0.15, 0.2) is 11.5 Å². The van der Waals surface area contributed by atoms with Crippen molar-refractivity contribution >= 4 is 17.7 Å². The van der Waals surface area contributed by atoms with Crippen molar-refractivity contribution in [2.45, 2.75) is 31.4 Å². The number of carbonyl (C=O) groups is 1. The largest absolute Gasteiger partial charge is 0.493 e. The monoisotopic (exact) mass is 311 g/mol. The van der Waals surface area contributed by atoms with E-state index in [0.717, 1.165) is 18.6 Å². The van der Waals surface area contributed by atoms with Crippen LogP contribution in [0.4, 0.5) is 0 Å². The summed E-state index contributed by atoms with van der Waals surface area (Å²) in [4.78, 5) is 10.8. The molecule has 1 aliphatic heterocycles. The van der Waals surface area contributed by atoms with E-state index in [1.807, 2.05) is 23.9 Å².